The van der Waals surface area contributed by atoms with Gasteiger partial charge in [0, 0.05) is 0 Å². The van der Waals surface area contributed by atoms with Crippen LogP contribution in [0.5, 0.6) is 0 Å². The molecular formula is C15H18N3O6-. The Morgan fingerprint density at radius 3 is 2.29 bits per heavy atom. The van der Waals surface area contributed by atoms with E-state index in [9.17, 15) is 24.3 Å². The predicted octanol–water partition coefficient (Wildman–Crippen LogP) is -1.72. The van der Waals surface area contributed by atoms with E-state index in [-0.39, 0.29) is 13.2 Å². The van der Waals surface area contributed by atoms with Gasteiger partial charge in [0.15, 0.2) is 0 Å². The highest BCUT2D eigenvalue weighted by Gasteiger charge is 2.10. The SMILES string of the molecule is C[C@H](NC(=O)CNC(=O)CNC(=O)OCc1ccccc1)C(=O)[O-]. The zero-order valence-electron chi connectivity index (χ0n) is 13.0. The van der Waals surface area contributed by atoms with Crippen LogP contribution in [0, 0.1) is 0 Å². The van der Waals surface area contributed by atoms with Crippen molar-refractivity contribution in [1.82, 2.24) is 16.0 Å². The minimum absolute atomic E-state index is 0.0673. The third-order valence-electron chi connectivity index (χ3n) is 2.78. The van der Waals surface area contributed by atoms with Crippen LogP contribution < -0.4 is 21.1 Å². The Kier molecular flexibility index (Phi) is 7.76. The minimum atomic E-state index is -1.43. The average molecular weight is 336 g/mol. The monoisotopic (exact) mass is 336 g/mol. The lowest BCUT2D eigenvalue weighted by atomic mass is 10.2. The van der Waals surface area contributed by atoms with E-state index in [4.69, 9.17) is 4.74 Å². The number of carboxylic acid groups (broad SMARTS) is 1. The first kappa shape index (κ1) is 18.9. The molecule has 9 nitrogen and oxygen atoms in total. The van der Waals surface area contributed by atoms with Gasteiger partial charge in [0.25, 0.3) is 0 Å². The van der Waals surface area contributed by atoms with Crippen LogP contribution in [0.1, 0.15) is 12.5 Å². The summed E-state index contributed by atoms with van der Waals surface area (Å²) in [5.41, 5.74) is 0.802. The number of carbonyl (C=O) groups excluding carboxylic acids is 4. The molecule has 0 aliphatic heterocycles. The van der Waals surface area contributed by atoms with Gasteiger partial charge >= 0.3 is 6.09 Å². The van der Waals surface area contributed by atoms with Crippen LogP contribution in [0.2, 0.25) is 0 Å². The lowest BCUT2D eigenvalue weighted by molar-refractivity contribution is -0.307. The Hall–Kier alpha value is -3.10. The van der Waals surface area contributed by atoms with Crippen LogP contribution in [0.25, 0.3) is 0 Å². The average Bonchev–Trinajstić information content (AvgIpc) is 2.57. The molecule has 130 valence electrons. The summed E-state index contributed by atoms with van der Waals surface area (Å²) in [7, 11) is 0. The Morgan fingerprint density at radius 2 is 1.67 bits per heavy atom. The molecule has 0 heterocycles. The van der Waals surface area contributed by atoms with Crippen LogP contribution >= 0.6 is 0 Å². The van der Waals surface area contributed by atoms with Crippen LogP contribution in [0.15, 0.2) is 30.3 Å². The molecule has 0 fully saturated rings. The number of alkyl carbamates (subject to hydrolysis) is 1. The molecule has 1 atom stereocenters. The van der Waals surface area contributed by atoms with Crippen molar-refractivity contribution >= 4 is 23.9 Å². The fourth-order valence-corrected chi connectivity index (χ4v) is 1.52. The first-order valence-electron chi connectivity index (χ1n) is 7.10. The summed E-state index contributed by atoms with van der Waals surface area (Å²) in [6.45, 7) is 0.505. The van der Waals surface area contributed by atoms with E-state index in [0.717, 1.165) is 5.56 Å². The zero-order valence-corrected chi connectivity index (χ0v) is 13.0. The molecule has 0 aliphatic rings. The highest BCUT2D eigenvalue weighted by atomic mass is 16.5. The van der Waals surface area contributed by atoms with E-state index < -0.39 is 36.5 Å². The van der Waals surface area contributed by atoms with Crippen molar-refractivity contribution in [2.24, 2.45) is 0 Å². The number of benzene rings is 1. The number of carboxylic acids is 1. The summed E-state index contributed by atoms with van der Waals surface area (Å²) >= 11 is 0. The molecule has 0 saturated heterocycles. The van der Waals surface area contributed by atoms with E-state index in [2.05, 4.69) is 16.0 Å². The third kappa shape index (κ3) is 7.78. The van der Waals surface area contributed by atoms with Crippen molar-refractivity contribution in [1.29, 1.82) is 0 Å². The summed E-state index contributed by atoms with van der Waals surface area (Å²) in [4.78, 5) is 44.6. The van der Waals surface area contributed by atoms with Crippen molar-refractivity contribution in [3.63, 3.8) is 0 Å². The largest absolute Gasteiger partial charge is 0.548 e. The standard InChI is InChI=1S/C15H19N3O6/c1-10(14(21)22)18-13(20)8-16-12(19)7-17-15(23)24-9-11-5-3-2-4-6-11/h2-6,10H,7-9H2,1H3,(H,16,19)(H,17,23)(H,18,20)(H,21,22)/p-1/t10-/m0/s1. The fraction of sp³-hybridized carbons (Fsp3) is 0.333. The number of hydrogen-bond acceptors (Lipinski definition) is 6. The van der Waals surface area contributed by atoms with Crippen molar-refractivity contribution in [3.05, 3.63) is 35.9 Å². The van der Waals surface area contributed by atoms with Gasteiger partial charge in [0.1, 0.15) is 13.2 Å². The van der Waals surface area contributed by atoms with Gasteiger partial charge in [-0.25, -0.2) is 4.79 Å². The zero-order chi connectivity index (χ0) is 17.9. The molecule has 0 radical (unpaired) electrons. The second-order valence-electron chi connectivity index (χ2n) is 4.80. The topological polar surface area (TPSA) is 137 Å². The molecule has 0 unspecified atom stereocenters. The molecule has 0 aliphatic carbocycles. The Morgan fingerprint density at radius 1 is 1.04 bits per heavy atom. The highest BCUT2D eigenvalue weighted by molar-refractivity contribution is 5.88. The molecule has 0 spiro atoms. The molecule has 9 heteroatoms. The molecule has 0 bridgehead atoms. The Labute approximate surface area is 138 Å². The molecule has 0 aromatic heterocycles. The van der Waals surface area contributed by atoms with Crippen molar-refractivity contribution in [3.8, 4) is 0 Å². The molecule has 1 aromatic carbocycles. The lowest BCUT2D eigenvalue weighted by Gasteiger charge is -2.14. The normalized spacial score (nSPS) is 11.0. The van der Waals surface area contributed by atoms with E-state index in [1.54, 1.807) is 24.3 Å². The summed E-state index contributed by atoms with van der Waals surface area (Å²) in [6.07, 6.45) is -0.774. The van der Waals surface area contributed by atoms with Crippen molar-refractivity contribution in [2.45, 2.75) is 19.6 Å². The van der Waals surface area contributed by atoms with E-state index >= 15 is 0 Å². The summed E-state index contributed by atoms with van der Waals surface area (Å²) < 4.78 is 4.90. The van der Waals surface area contributed by atoms with E-state index in [0.29, 0.717) is 0 Å². The maximum atomic E-state index is 11.5. The van der Waals surface area contributed by atoms with Crippen molar-refractivity contribution < 1.29 is 29.0 Å². The number of carbonyl (C=O) groups is 4. The van der Waals surface area contributed by atoms with Gasteiger partial charge in [-0.3, -0.25) is 9.59 Å². The van der Waals surface area contributed by atoms with Crippen LogP contribution in [0.4, 0.5) is 4.79 Å². The highest BCUT2D eigenvalue weighted by Crippen LogP contribution is 2.00. The second kappa shape index (κ2) is 9.82. The van der Waals surface area contributed by atoms with Gasteiger partial charge in [-0.1, -0.05) is 30.3 Å². The minimum Gasteiger partial charge on any atom is -0.548 e. The van der Waals surface area contributed by atoms with Crippen molar-refractivity contribution in [2.75, 3.05) is 13.1 Å². The number of nitrogens with one attached hydrogen (secondary N) is 3. The lowest BCUT2D eigenvalue weighted by Crippen LogP contribution is -2.49. The number of amides is 3. The summed E-state index contributed by atoms with van der Waals surface area (Å²) in [6, 6.07) is 7.84. The van der Waals surface area contributed by atoms with Crippen LogP contribution in [-0.4, -0.2) is 43.0 Å². The first-order chi connectivity index (χ1) is 11.4. The Bertz CT molecular complexity index is 590. The maximum Gasteiger partial charge on any atom is 0.407 e. The van der Waals surface area contributed by atoms with Gasteiger partial charge < -0.3 is 30.6 Å². The smallest absolute Gasteiger partial charge is 0.407 e. The van der Waals surface area contributed by atoms with Crippen LogP contribution in [0.3, 0.4) is 0 Å². The summed E-state index contributed by atoms with van der Waals surface area (Å²) in [5, 5.41) is 17.0. The fourth-order valence-electron chi connectivity index (χ4n) is 1.52. The molecule has 3 amide bonds. The summed E-state index contributed by atoms with van der Waals surface area (Å²) in [5.74, 6) is -2.74. The van der Waals surface area contributed by atoms with Gasteiger partial charge in [-0.05, 0) is 12.5 Å². The van der Waals surface area contributed by atoms with Gasteiger partial charge in [0.05, 0.1) is 18.6 Å². The molecule has 0 saturated carbocycles. The van der Waals surface area contributed by atoms with Gasteiger partial charge in [0.2, 0.25) is 11.8 Å². The van der Waals surface area contributed by atoms with Gasteiger partial charge in [-0.15, -0.1) is 0 Å². The molecule has 1 rings (SSSR count). The van der Waals surface area contributed by atoms with E-state index in [1.165, 1.54) is 6.92 Å². The van der Waals surface area contributed by atoms with E-state index in [1.807, 2.05) is 6.07 Å². The quantitative estimate of drug-likeness (QED) is 0.517. The second-order valence-corrected chi connectivity index (χ2v) is 4.80. The molecule has 1 aromatic rings. The first-order valence-corrected chi connectivity index (χ1v) is 7.10. The number of rotatable bonds is 8. The Balaban J connectivity index is 2.17. The number of ether oxygens (including phenoxy) is 1. The maximum absolute atomic E-state index is 11.5. The number of aliphatic carboxylic acids is 1. The molecule has 24 heavy (non-hydrogen) atoms. The van der Waals surface area contributed by atoms with Crippen LogP contribution in [-0.2, 0) is 25.7 Å². The predicted molar refractivity (Wildman–Crippen MR) is 80.3 cm³/mol. The number of hydrogen-bond donors (Lipinski definition) is 3. The molecule has 3 N–H and O–H groups in total. The third-order valence-corrected chi connectivity index (χ3v) is 2.78. The van der Waals surface area contributed by atoms with Gasteiger partial charge in [-0.2, -0.15) is 0 Å². The molecular weight excluding hydrogens is 318 g/mol.